The minimum Gasteiger partial charge on any atom is -0.329 e. The van der Waals surface area contributed by atoms with Gasteiger partial charge in [-0.3, -0.25) is 9.88 Å². The highest BCUT2D eigenvalue weighted by Gasteiger charge is 2.23. The van der Waals surface area contributed by atoms with Crippen molar-refractivity contribution >= 4 is 0 Å². The second kappa shape index (κ2) is 7.16. The van der Waals surface area contributed by atoms with Crippen molar-refractivity contribution < 1.29 is 0 Å². The number of aromatic nitrogens is 1. The second-order valence-corrected chi connectivity index (χ2v) is 6.17. The summed E-state index contributed by atoms with van der Waals surface area (Å²) in [6.45, 7) is 6.36. The van der Waals surface area contributed by atoms with Gasteiger partial charge in [0, 0.05) is 31.5 Å². The maximum Gasteiger partial charge on any atom is 0.0485 e. The lowest BCUT2D eigenvalue weighted by molar-refractivity contribution is 0.151. The van der Waals surface area contributed by atoms with Crippen molar-refractivity contribution in [2.24, 2.45) is 11.7 Å². The average molecular weight is 276 g/mol. The Hall–Kier alpha value is -0.970. The van der Waals surface area contributed by atoms with E-state index in [9.17, 15) is 0 Å². The number of nitrogens with zero attached hydrogens (tertiary/aromatic N) is 3. The Kier molecular flexibility index (Phi) is 5.52. The van der Waals surface area contributed by atoms with Crippen molar-refractivity contribution in [1.29, 1.82) is 0 Å². The molecule has 1 saturated heterocycles. The highest BCUT2D eigenvalue weighted by atomic mass is 15.2. The summed E-state index contributed by atoms with van der Waals surface area (Å²) >= 11 is 0. The minimum absolute atomic E-state index is 0.281. The van der Waals surface area contributed by atoms with Gasteiger partial charge in [0.2, 0.25) is 0 Å². The first-order chi connectivity index (χ1) is 9.61. The van der Waals surface area contributed by atoms with Gasteiger partial charge in [0.1, 0.15) is 0 Å². The van der Waals surface area contributed by atoms with Crippen LogP contribution in [0.3, 0.4) is 0 Å². The van der Waals surface area contributed by atoms with Crippen LogP contribution in [0.5, 0.6) is 0 Å². The zero-order valence-corrected chi connectivity index (χ0v) is 13.0. The highest BCUT2D eigenvalue weighted by Crippen LogP contribution is 2.24. The fourth-order valence-electron chi connectivity index (χ4n) is 3.15. The summed E-state index contributed by atoms with van der Waals surface area (Å²) in [5.41, 5.74) is 8.58. The number of nitrogens with two attached hydrogens (primary N) is 1. The maximum atomic E-state index is 6.02. The fraction of sp³-hybridized carbons (Fsp3) is 0.688. The molecule has 4 nitrogen and oxygen atoms in total. The predicted octanol–water partition coefficient (Wildman–Crippen LogP) is 1.66. The molecule has 0 spiro atoms. The third-order valence-corrected chi connectivity index (χ3v) is 4.58. The molecule has 0 saturated carbocycles. The molecule has 1 aromatic heterocycles. The Bertz CT molecular complexity index is 413. The van der Waals surface area contributed by atoms with Crippen LogP contribution in [0.25, 0.3) is 0 Å². The Labute approximate surface area is 123 Å². The molecule has 0 amide bonds. The van der Waals surface area contributed by atoms with Gasteiger partial charge in [0.15, 0.2) is 0 Å². The van der Waals surface area contributed by atoms with E-state index in [4.69, 9.17) is 5.73 Å². The van der Waals surface area contributed by atoms with Gasteiger partial charge in [0.05, 0.1) is 0 Å². The van der Waals surface area contributed by atoms with E-state index in [2.05, 4.69) is 41.9 Å². The lowest BCUT2D eigenvalue weighted by atomic mass is 9.95. The van der Waals surface area contributed by atoms with Crippen molar-refractivity contribution in [3.63, 3.8) is 0 Å². The van der Waals surface area contributed by atoms with Gasteiger partial charge in [-0.05, 0) is 70.1 Å². The average Bonchev–Trinajstić information content (AvgIpc) is 2.44. The maximum absolute atomic E-state index is 6.02. The van der Waals surface area contributed by atoms with Gasteiger partial charge in [-0.1, -0.05) is 0 Å². The Morgan fingerprint density at radius 1 is 1.45 bits per heavy atom. The topological polar surface area (TPSA) is 45.4 Å². The van der Waals surface area contributed by atoms with E-state index in [0.29, 0.717) is 6.54 Å². The third-order valence-electron chi connectivity index (χ3n) is 4.58. The van der Waals surface area contributed by atoms with E-state index in [1.165, 1.54) is 37.1 Å². The number of likely N-dealkylation sites (N-methyl/N-ethyl adjacent to an activating group) is 1. The number of rotatable bonds is 5. The molecule has 2 rings (SSSR count). The molecular formula is C16H28N4. The molecule has 0 bridgehead atoms. The van der Waals surface area contributed by atoms with Crippen LogP contribution < -0.4 is 5.73 Å². The molecule has 1 atom stereocenters. The highest BCUT2D eigenvalue weighted by molar-refractivity contribution is 5.25. The summed E-state index contributed by atoms with van der Waals surface area (Å²) in [4.78, 5) is 9.10. The quantitative estimate of drug-likeness (QED) is 0.888. The van der Waals surface area contributed by atoms with E-state index in [0.717, 1.165) is 12.5 Å². The van der Waals surface area contributed by atoms with Gasteiger partial charge >= 0.3 is 0 Å². The third kappa shape index (κ3) is 3.78. The van der Waals surface area contributed by atoms with Crippen LogP contribution in [0, 0.1) is 12.8 Å². The number of piperidine rings is 1. The number of pyridine rings is 1. The predicted molar refractivity (Wildman–Crippen MR) is 83.6 cm³/mol. The van der Waals surface area contributed by atoms with Crippen LogP contribution in [0.2, 0.25) is 0 Å². The molecule has 0 radical (unpaired) electrons. The van der Waals surface area contributed by atoms with E-state index < -0.39 is 0 Å². The Balaban J connectivity index is 1.99. The summed E-state index contributed by atoms with van der Waals surface area (Å²) in [5, 5.41) is 0. The van der Waals surface area contributed by atoms with E-state index in [-0.39, 0.29) is 6.04 Å². The molecule has 1 unspecified atom stereocenters. The van der Waals surface area contributed by atoms with Gasteiger partial charge in [-0.15, -0.1) is 0 Å². The summed E-state index contributed by atoms with van der Waals surface area (Å²) < 4.78 is 0. The standard InChI is InChI=1S/C16H28N4/c1-13-4-7-18-11-15(13)16(10-17)20(3)12-14-5-8-19(2)9-6-14/h4,7,11,14,16H,5-6,8-10,12,17H2,1-3H3. The van der Waals surface area contributed by atoms with Crippen molar-refractivity contribution in [2.75, 3.05) is 40.3 Å². The molecule has 2 N–H and O–H groups in total. The van der Waals surface area contributed by atoms with Gasteiger partial charge in [0.25, 0.3) is 0 Å². The summed E-state index contributed by atoms with van der Waals surface area (Å²) in [5.74, 6) is 0.794. The molecule has 0 aromatic carbocycles. The van der Waals surface area contributed by atoms with Crippen LogP contribution in [-0.4, -0.2) is 55.1 Å². The zero-order chi connectivity index (χ0) is 14.5. The first kappa shape index (κ1) is 15.4. The Morgan fingerprint density at radius 2 is 2.15 bits per heavy atom. The van der Waals surface area contributed by atoms with Gasteiger partial charge in [-0.2, -0.15) is 0 Å². The van der Waals surface area contributed by atoms with Crippen LogP contribution in [0.4, 0.5) is 0 Å². The zero-order valence-electron chi connectivity index (χ0n) is 13.0. The normalized spacial score (nSPS) is 19.4. The second-order valence-electron chi connectivity index (χ2n) is 6.17. The summed E-state index contributed by atoms with van der Waals surface area (Å²) in [7, 11) is 4.41. The largest absolute Gasteiger partial charge is 0.329 e. The molecule has 4 heteroatoms. The SMILES string of the molecule is Cc1ccncc1C(CN)N(C)CC1CCN(C)CC1. The van der Waals surface area contributed by atoms with Crippen molar-refractivity contribution in [3.05, 3.63) is 29.6 Å². The monoisotopic (exact) mass is 276 g/mol. The minimum atomic E-state index is 0.281. The van der Waals surface area contributed by atoms with E-state index in [1.54, 1.807) is 0 Å². The first-order valence-electron chi connectivity index (χ1n) is 7.61. The number of hydrogen-bond donors (Lipinski definition) is 1. The van der Waals surface area contributed by atoms with Crippen LogP contribution in [0.1, 0.15) is 30.0 Å². The van der Waals surface area contributed by atoms with Crippen molar-refractivity contribution in [1.82, 2.24) is 14.8 Å². The van der Waals surface area contributed by atoms with Crippen molar-refractivity contribution in [3.8, 4) is 0 Å². The lowest BCUT2D eigenvalue weighted by Crippen LogP contribution is -2.39. The summed E-state index contributed by atoms with van der Waals surface area (Å²) in [6.07, 6.45) is 6.41. The fourth-order valence-corrected chi connectivity index (χ4v) is 3.15. The molecule has 112 valence electrons. The smallest absolute Gasteiger partial charge is 0.0485 e. The van der Waals surface area contributed by atoms with Crippen LogP contribution in [0.15, 0.2) is 18.5 Å². The molecule has 1 aliphatic rings. The first-order valence-corrected chi connectivity index (χ1v) is 7.61. The van der Waals surface area contributed by atoms with E-state index >= 15 is 0 Å². The van der Waals surface area contributed by atoms with Crippen LogP contribution in [-0.2, 0) is 0 Å². The van der Waals surface area contributed by atoms with Gasteiger partial charge < -0.3 is 10.6 Å². The molecule has 2 heterocycles. The Morgan fingerprint density at radius 3 is 2.75 bits per heavy atom. The summed E-state index contributed by atoms with van der Waals surface area (Å²) in [6, 6.07) is 2.35. The molecule has 20 heavy (non-hydrogen) atoms. The molecule has 1 aliphatic heterocycles. The number of aryl methyl sites for hydroxylation is 1. The number of hydrogen-bond acceptors (Lipinski definition) is 4. The lowest BCUT2D eigenvalue weighted by Gasteiger charge is -2.35. The molecular weight excluding hydrogens is 248 g/mol. The molecule has 0 aliphatic carbocycles. The van der Waals surface area contributed by atoms with E-state index in [1.807, 2.05) is 12.4 Å². The van der Waals surface area contributed by atoms with Crippen molar-refractivity contribution in [2.45, 2.75) is 25.8 Å². The molecule has 1 fully saturated rings. The van der Waals surface area contributed by atoms with Crippen LogP contribution >= 0.6 is 0 Å². The molecule has 1 aromatic rings. The van der Waals surface area contributed by atoms with Gasteiger partial charge in [-0.25, -0.2) is 0 Å². The number of likely N-dealkylation sites (tertiary alicyclic amines) is 1.